The molecule has 2 aromatic heterocycles. The Balaban J connectivity index is 1.59. The molecule has 2 aromatic rings. The molecule has 1 fully saturated rings. The van der Waals surface area contributed by atoms with Gasteiger partial charge in [0.1, 0.15) is 5.82 Å². The molecule has 0 saturated carbocycles. The highest BCUT2D eigenvalue weighted by Crippen LogP contribution is 2.22. The molecule has 1 amide bonds. The van der Waals surface area contributed by atoms with Gasteiger partial charge >= 0.3 is 0 Å². The van der Waals surface area contributed by atoms with Crippen molar-refractivity contribution in [3.05, 3.63) is 18.0 Å². The fraction of sp³-hybridized carbons (Fsp3) is 0.600. The number of hydrogen-bond donors (Lipinski definition) is 1. The average Bonchev–Trinajstić information content (AvgIpc) is 2.96. The second-order valence-electron chi connectivity index (χ2n) is 5.75. The minimum Gasteiger partial charge on any atom is -0.383 e. The van der Waals surface area contributed by atoms with Crippen LogP contribution in [0.3, 0.4) is 0 Å². The third kappa shape index (κ3) is 3.42. The number of aryl methyl sites for hydroxylation is 1. The van der Waals surface area contributed by atoms with Crippen LogP contribution in [-0.4, -0.2) is 59.1 Å². The van der Waals surface area contributed by atoms with Crippen LogP contribution in [0.5, 0.6) is 0 Å². The lowest BCUT2D eigenvalue weighted by molar-refractivity contribution is -0.125. The van der Waals surface area contributed by atoms with E-state index in [0.29, 0.717) is 13.2 Å². The zero-order chi connectivity index (χ0) is 16.2. The van der Waals surface area contributed by atoms with Gasteiger partial charge in [0.05, 0.1) is 6.61 Å². The van der Waals surface area contributed by atoms with Crippen molar-refractivity contribution in [3.63, 3.8) is 0 Å². The number of carbonyl (C=O) groups is 1. The first-order valence-electron chi connectivity index (χ1n) is 7.89. The number of piperidine rings is 1. The van der Waals surface area contributed by atoms with Gasteiger partial charge in [0, 0.05) is 32.7 Å². The molecule has 0 bridgehead atoms. The van der Waals surface area contributed by atoms with Crippen LogP contribution in [0.15, 0.2) is 12.1 Å². The molecule has 1 saturated heterocycles. The van der Waals surface area contributed by atoms with Crippen LogP contribution in [0, 0.1) is 12.8 Å². The minimum absolute atomic E-state index is 0.0727. The lowest BCUT2D eigenvalue weighted by atomic mass is 9.96. The van der Waals surface area contributed by atoms with E-state index in [1.54, 1.807) is 11.6 Å². The predicted molar refractivity (Wildman–Crippen MR) is 85.3 cm³/mol. The van der Waals surface area contributed by atoms with Crippen molar-refractivity contribution >= 4 is 17.4 Å². The van der Waals surface area contributed by atoms with E-state index in [9.17, 15) is 4.79 Å². The third-order valence-corrected chi connectivity index (χ3v) is 4.20. The molecule has 0 atom stereocenters. The van der Waals surface area contributed by atoms with Crippen LogP contribution in [0.25, 0.3) is 5.65 Å². The Bertz CT molecular complexity index is 678. The molecule has 0 aliphatic carbocycles. The quantitative estimate of drug-likeness (QED) is 0.804. The Kier molecular flexibility index (Phi) is 4.71. The Morgan fingerprint density at radius 1 is 1.35 bits per heavy atom. The van der Waals surface area contributed by atoms with E-state index in [4.69, 9.17) is 4.74 Å². The van der Waals surface area contributed by atoms with Gasteiger partial charge < -0.3 is 15.0 Å². The maximum absolute atomic E-state index is 12.1. The van der Waals surface area contributed by atoms with E-state index >= 15 is 0 Å². The summed E-state index contributed by atoms with van der Waals surface area (Å²) in [5.41, 5.74) is 0.749. The number of ether oxygens (including phenoxy) is 1. The fourth-order valence-corrected chi connectivity index (χ4v) is 2.85. The second kappa shape index (κ2) is 6.91. The highest BCUT2D eigenvalue weighted by Gasteiger charge is 2.25. The summed E-state index contributed by atoms with van der Waals surface area (Å²) < 4.78 is 6.70. The lowest BCUT2D eigenvalue weighted by Gasteiger charge is -2.32. The van der Waals surface area contributed by atoms with E-state index in [0.717, 1.165) is 43.2 Å². The summed E-state index contributed by atoms with van der Waals surface area (Å²) >= 11 is 0. The summed E-state index contributed by atoms with van der Waals surface area (Å²) in [6, 6.07) is 3.88. The van der Waals surface area contributed by atoms with Crippen LogP contribution in [0.2, 0.25) is 0 Å². The van der Waals surface area contributed by atoms with E-state index in [1.807, 2.05) is 19.1 Å². The van der Waals surface area contributed by atoms with Crippen LogP contribution in [0.4, 0.5) is 5.82 Å². The maximum Gasteiger partial charge on any atom is 0.223 e. The van der Waals surface area contributed by atoms with Crippen LogP contribution in [0.1, 0.15) is 18.7 Å². The number of anilines is 1. The zero-order valence-electron chi connectivity index (χ0n) is 13.5. The molecule has 3 rings (SSSR count). The highest BCUT2D eigenvalue weighted by atomic mass is 16.5. The molecule has 0 unspecified atom stereocenters. The van der Waals surface area contributed by atoms with Gasteiger partial charge in [-0.1, -0.05) is 0 Å². The van der Waals surface area contributed by atoms with Crippen molar-refractivity contribution < 1.29 is 9.53 Å². The highest BCUT2D eigenvalue weighted by molar-refractivity contribution is 5.78. The number of hydrogen-bond acceptors (Lipinski definition) is 6. The fourth-order valence-electron chi connectivity index (χ4n) is 2.85. The average molecular weight is 318 g/mol. The summed E-state index contributed by atoms with van der Waals surface area (Å²) in [6.45, 7) is 4.64. The molecule has 1 aliphatic heterocycles. The van der Waals surface area contributed by atoms with Crippen molar-refractivity contribution in [2.75, 3.05) is 38.3 Å². The molecular formula is C15H22N6O2. The lowest BCUT2D eigenvalue weighted by Crippen LogP contribution is -2.41. The molecule has 1 N–H and O–H groups in total. The molecule has 1 aliphatic rings. The number of nitrogens with zero attached hydrogens (tertiary/aromatic N) is 5. The van der Waals surface area contributed by atoms with Gasteiger partial charge in [-0.25, -0.2) is 0 Å². The summed E-state index contributed by atoms with van der Waals surface area (Å²) in [4.78, 5) is 14.3. The Morgan fingerprint density at radius 3 is 2.87 bits per heavy atom. The SMILES string of the molecule is COCCNC(=O)C1CCN(c2ccc3nnc(C)n3n2)CC1. The molecule has 8 heteroatoms. The number of carbonyl (C=O) groups excluding carboxylic acids is 1. The van der Waals surface area contributed by atoms with Crippen molar-refractivity contribution in [2.24, 2.45) is 5.92 Å². The number of fused-ring (bicyclic) bond motifs is 1. The number of amides is 1. The van der Waals surface area contributed by atoms with Gasteiger partial charge in [0.15, 0.2) is 11.5 Å². The second-order valence-corrected chi connectivity index (χ2v) is 5.75. The first-order valence-corrected chi connectivity index (χ1v) is 7.89. The summed E-state index contributed by atoms with van der Waals surface area (Å²) in [7, 11) is 1.63. The van der Waals surface area contributed by atoms with E-state index in [2.05, 4.69) is 25.5 Å². The Hall–Kier alpha value is -2.22. The molecular weight excluding hydrogens is 296 g/mol. The number of nitrogens with one attached hydrogen (secondary N) is 1. The molecule has 23 heavy (non-hydrogen) atoms. The first kappa shape index (κ1) is 15.7. The van der Waals surface area contributed by atoms with Gasteiger partial charge in [-0.2, -0.15) is 4.52 Å². The normalized spacial score (nSPS) is 16.0. The molecule has 124 valence electrons. The number of methoxy groups -OCH3 is 1. The first-order chi connectivity index (χ1) is 11.2. The van der Waals surface area contributed by atoms with Gasteiger partial charge in [-0.05, 0) is 31.9 Å². The minimum atomic E-state index is 0.0727. The largest absolute Gasteiger partial charge is 0.383 e. The monoisotopic (exact) mass is 318 g/mol. The summed E-state index contributed by atoms with van der Waals surface area (Å²) in [6.07, 6.45) is 1.67. The van der Waals surface area contributed by atoms with E-state index in [-0.39, 0.29) is 11.8 Å². The standard InChI is InChI=1S/C15H22N6O2/c1-11-17-18-13-3-4-14(19-21(11)13)20-8-5-12(6-9-20)15(22)16-7-10-23-2/h3-4,12H,5-10H2,1-2H3,(H,16,22). The zero-order valence-corrected chi connectivity index (χ0v) is 13.5. The predicted octanol–water partition coefficient (Wildman–Crippen LogP) is 0.412. The molecule has 0 spiro atoms. The van der Waals surface area contributed by atoms with E-state index in [1.165, 1.54) is 0 Å². The van der Waals surface area contributed by atoms with Crippen LogP contribution >= 0.6 is 0 Å². The molecule has 0 aromatic carbocycles. The van der Waals surface area contributed by atoms with Crippen LogP contribution < -0.4 is 10.2 Å². The van der Waals surface area contributed by atoms with Crippen molar-refractivity contribution in [3.8, 4) is 0 Å². The van der Waals surface area contributed by atoms with Gasteiger partial charge in [-0.3, -0.25) is 4.79 Å². The maximum atomic E-state index is 12.1. The summed E-state index contributed by atoms with van der Waals surface area (Å²) in [5, 5.41) is 15.6. The third-order valence-electron chi connectivity index (χ3n) is 4.20. The Morgan fingerprint density at radius 2 is 2.13 bits per heavy atom. The molecule has 3 heterocycles. The van der Waals surface area contributed by atoms with Gasteiger partial charge in [-0.15, -0.1) is 15.3 Å². The van der Waals surface area contributed by atoms with Crippen molar-refractivity contribution in [2.45, 2.75) is 19.8 Å². The number of aromatic nitrogens is 4. The van der Waals surface area contributed by atoms with Crippen LogP contribution in [-0.2, 0) is 9.53 Å². The molecule has 8 nitrogen and oxygen atoms in total. The smallest absolute Gasteiger partial charge is 0.223 e. The number of rotatable bonds is 5. The topological polar surface area (TPSA) is 84.6 Å². The van der Waals surface area contributed by atoms with Gasteiger partial charge in [0.25, 0.3) is 0 Å². The summed E-state index contributed by atoms with van der Waals surface area (Å²) in [5.74, 6) is 1.87. The van der Waals surface area contributed by atoms with E-state index < -0.39 is 0 Å². The van der Waals surface area contributed by atoms with Crippen molar-refractivity contribution in [1.29, 1.82) is 0 Å². The Labute approximate surface area is 134 Å². The van der Waals surface area contributed by atoms with Gasteiger partial charge in [0.2, 0.25) is 5.91 Å². The molecule has 0 radical (unpaired) electrons. The van der Waals surface area contributed by atoms with Crippen molar-refractivity contribution in [1.82, 2.24) is 25.1 Å².